The predicted octanol–water partition coefficient (Wildman–Crippen LogP) is 4.45. The van der Waals surface area contributed by atoms with E-state index < -0.39 is 0 Å². The van der Waals surface area contributed by atoms with Crippen LogP contribution < -0.4 is 5.32 Å². The third-order valence-electron chi connectivity index (χ3n) is 4.97. The van der Waals surface area contributed by atoms with Crippen LogP contribution in [0.2, 0.25) is 0 Å². The van der Waals surface area contributed by atoms with Gasteiger partial charge in [0, 0.05) is 18.8 Å². The minimum absolute atomic E-state index is 0.111. The molecule has 1 heterocycles. The van der Waals surface area contributed by atoms with Crippen molar-refractivity contribution in [1.82, 2.24) is 10.2 Å². The van der Waals surface area contributed by atoms with Gasteiger partial charge in [-0.15, -0.1) is 11.8 Å². The first kappa shape index (κ1) is 20.0. The Labute approximate surface area is 167 Å². The summed E-state index contributed by atoms with van der Waals surface area (Å²) in [5.41, 5.74) is 6.43. The van der Waals surface area contributed by atoms with Crippen LogP contribution in [0, 0.1) is 13.8 Å². The van der Waals surface area contributed by atoms with Gasteiger partial charge in [0.25, 0.3) is 0 Å². The van der Waals surface area contributed by atoms with Crippen molar-refractivity contribution in [3.8, 4) is 0 Å². The summed E-state index contributed by atoms with van der Waals surface area (Å²) < 4.78 is 0. The Balaban J connectivity index is 1.45. The fourth-order valence-corrected chi connectivity index (χ4v) is 4.52. The lowest BCUT2D eigenvalue weighted by Gasteiger charge is -2.17. The van der Waals surface area contributed by atoms with E-state index in [1.165, 1.54) is 53.7 Å². The predicted molar refractivity (Wildman–Crippen MR) is 115 cm³/mol. The molecule has 1 N–H and O–H groups in total. The minimum atomic E-state index is 0.111. The van der Waals surface area contributed by atoms with Gasteiger partial charge in [-0.1, -0.05) is 53.6 Å². The third kappa shape index (κ3) is 6.40. The summed E-state index contributed by atoms with van der Waals surface area (Å²) in [6.45, 7) is 8.23. The van der Waals surface area contributed by atoms with Gasteiger partial charge < -0.3 is 5.32 Å². The van der Waals surface area contributed by atoms with E-state index in [9.17, 15) is 4.79 Å². The number of aryl methyl sites for hydroxylation is 2. The number of carbonyl (C=O) groups is 1. The van der Waals surface area contributed by atoms with Gasteiger partial charge >= 0.3 is 0 Å². The molecule has 2 aromatic carbocycles. The van der Waals surface area contributed by atoms with Crippen LogP contribution in [0.25, 0.3) is 0 Å². The van der Waals surface area contributed by atoms with Gasteiger partial charge in [0.05, 0.1) is 5.75 Å². The highest BCUT2D eigenvalue weighted by Gasteiger charge is 2.13. The van der Waals surface area contributed by atoms with Crippen LogP contribution in [0.1, 0.15) is 40.7 Å². The van der Waals surface area contributed by atoms with Crippen molar-refractivity contribution in [1.29, 1.82) is 0 Å². The lowest BCUT2D eigenvalue weighted by molar-refractivity contribution is -0.118. The summed E-state index contributed by atoms with van der Waals surface area (Å²) in [6, 6.07) is 15.1. The summed E-state index contributed by atoms with van der Waals surface area (Å²) in [5.74, 6) is 1.49. The summed E-state index contributed by atoms with van der Waals surface area (Å²) in [4.78, 5) is 14.8. The van der Waals surface area contributed by atoms with E-state index in [2.05, 4.69) is 66.5 Å². The van der Waals surface area contributed by atoms with Crippen molar-refractivity contribution in [2.24, 2.45) is 0 Å². The molecule has 1 aliphatic rings. The zero-order valence-corrected chi connectivity index (χ0v) is 17.3. The maximum Gasteiger partial charge on any atom is 0.230 e. The smallest absolute Gasteiger partial charge is 0.230 e. The number of nitrogens with one attached hydrogen (secondary N) is 1. The van der Waals surface area contributed by atoms with Gasteiger partial charge in [-0.3, -0.25) is 9.69 Å². The van der Waals surface area contributed by atoms with Crippen LogP contribution in [0.4, 0.5) is 0 Å². The lowest BCUT2D eigenvalue weighted by Crippen LogP contribution is -2.26. The van der Waals surface area contributed by atoms with Crippen molar-refractivity contribution in [3.63, 3.8) is 0 Å². The van der Waals surface area contributed by atoms with E-state index in [1.807, 2.05) is 0 Å². The van der Waals surface area contributed by atoms with Crippen LogP contribution in [0.3, 0.4) is 0 Å². The van der Waals surface area contributed by atoms with E-state index in [0.29, 0.717) is 12.3 Å². The van der Waals surface area contributed by atoms with Crippen molar-refractivity contribution in [2.45, 2.75) is 45.5 Å². The first-order valence-electron chi connectivity index (χ1n) is 9.81. The van der Waals surface area contributed by atoms with Gasteiger partial charge in [-0.2, -0.15) is 0 Å². The Kier molecular flexibility index (Phi) is 7.36. The van der Waals surface area contributed by atoms with Gasteiger partial charge in [-0.25, -0.2) is 0 Å². The molecule has 0 aliphatic carbocycles. The number of thioether (sulfide) groups is 1. The topological polar surface area (TPSA) is 32.3 Å². The van der Waals surface area contributed by atoms with Crippen LogP contribution in [-0.2, 0) is 23.6 Å². The standard InChI is InChI=1S/C23H30N2OS/c1-18-11-19(2)13-20(12-18)16-27-17-23(26)24-14-21-7-3-4-8-22(21)15-25-9-5-6-10-25/h3-4,7-8,11-13H,5-6,9-10,14-17H2,1-2H3,(H,24,26). The van der Waals surface area contributed by atoms with Crippen LogP contribution in [0.5, 0.6) is 0 Å². The molecule has 0 unspecified atom stereocenters. The zero-order valence-electron chi connectivity index (χ0n) is 16.5. The molecular weight excluding hydrogens is 352 g/mol. The average Bonchev–Trinajstić information content (AvgIpc) is 3.13. The van der Waals surface area contributed by atoms with Crippen molar-refractivity contribution in [3.05, 3.63) is 70.3 Å². The number of hydrogen-bond donors (Lipinski definition) is 1. The van der Waals surface area contributed by atoms with Gasteiger partial charge in [0.15, 0.2) is 0 Å². The second kappa shape index (κ2) is 9.95. The molecule has 1 aliphatic heterocycles. The van der Waals surface area contributed by atoms with E-state index in [0.717, 1.165) is 12.3 Å². The monoisotopic (exact) mass is 382 g/mol. The molecular formula is C23H30N2OS. The normalized spacial score (nSPS) is 14.4. The number of likely N-dealkylation sites (tertiary alicyclic amines) is 1. The van der Waals surface area contributed by atoms with E-state index >= 15 is 0 Å². The van der Waals surface area contributed by atoms with Gasteiger partial charge in [0.2, 0.25) is 5.91 Å². The van der Waals surface area contributed by atoms with E-state index in [1.54, 1.807) is 11.8 Å². The van der Waals surface area contributed by atoms with E-state index in [4.69, 9.17) is 0 Å². The molecule has 0 radical (unpaired) electrons. The Bertz CT molecular complexity index is 748. The number of benzene rings is 2. The first-order valence-corrected chi connectivity index (χ1v) is 11.0. The largest absolute Gasteiger partial charge is 0.351 e. The molecule has 27 heavy (non-hydrogen) atoms. The molecule has 1 saturated heterocycles. The molecule has 0 spiro atoms. The molecule has 1 fully saturated rings. The quantitative estimate of drug-likeness (QED) is 0.732. The van der Waals surface area contributed by atoms with Gasteiger partial charge in [-0.05, 0) is 56.5 Å². The van der Waals surface area contributed by atoms with Gasteiger partial charge in [0.1, 0.15) is 0 Å². The molecule has 3 rings (SSSR count). The number of amides is 1. The Morgan fingerprint density at radius 2 is 1.70 bits per heavy atom. The minimum Gasteiger partial charge on any atom is -0.351 e. The maximum atomic E-state index is 12.3. The number of hydrogen-bond acceptors (Lipinski definition) is 3. The van der Waals surface area contributed by atoms with E-state index in [-0.39, 0.29) is 5.91 Å². The number of carbonyl (C=O) groups excluding carboxylic acids is 1. The molecule has 2 aromatic rings. The molecule has 1 amide bonds. The first-order chi connectivity index (χ1) is 13.1. The summed E-state index contributed by atoms with van der Waals surface area (Å²) >= 11 is 1.68. The summed E-state index contributed by atoms with van der Waals surface area (Å²) in [7, 11) is 0. The summed E-state index contributed by atoms with van der Waals surface area (Å²) in [6.07, 6.45) is 2.60. The third-order valence-corrected chi connectivity index (χ3v) is 5.97. The fraction of sp³-hybridized carbons (Fsp3) is 0.435. The molecule has 144 valence electrons. The second-order valence-electron chi connectivity index (χ2n) is 7.52. The molecule has 0 saturated carbocycles. The molecule has 0 bridgehead atoms. The van der Waals surface area contributed by atoms with Crippen LogP contribution >= 0.6 is 11.8 Å². The highest BCUT2D eigenvalue weighted by atomic mass is 32.2. The van der Waals surface area contributed by atoms with Crippen molar-refractivity contribution in [2.75, 3.05) is 18.8 Å². The maximum absolute atomic E-state index is 12.3. The summed E-state index contributed by atoms with van der Waals surface area (Å²) in [5, 5.41) is 3.09. The number of nitrogens with zero attached hydrogens (tertiary/aromatic N) is 1. The van der Waals surface area contributed by atoms with Crippen LogP contribution in [0.15, 0.2) is 42.5 Å². The average molecular weight is 383 g/mol. The lowest BCUT2D eigenvalue weighted by atomic mass is 10.1. The highest BCUT2D eigenvalue weighted by molar-refractivity contribution is 7.99. The van der Waals surface area contributed by atoms with Crippen molar-refractivity contribution < 1.29 is 4.79 Å². The zero-order chi connectivity index (χ0) is 19.1. The Morgan fingerprint density at radius 1 is 1.04 bits per heavy atom. The highest BCUT2D eigenvalue weighted by Crippen LogP contribution is 2.17. The SMILES string of the molecule is Cc1cc(C)cc(CSCC(=O)NCc2ccccc2CN2CCCC2)c1. The molecule has 0 atom stereocenters. The Hall–Kier alpha value is -1.78. The number of rotatable bonds is 8. The molecule has 0 aromatic heterocycles. The van der Waals surface area contributed by atoms with Crippen LogP contribution in [-0.4, -0.2) is 29.6 Å². The molecule has 4 heteroatoms. The molecule has 3 nitrogen and oxygen atoms in total. The van der Waals surface area contributed by atoms with Crippen molar-refractivity contribution >= 4 is 17.7 Å². The Morgan fingerprint density at radius 3 is 2.41 bits per heavy atom. The second-order valence-corrected chi connectivity index (χ2v) is 8.50. The fourth-order valence-electron chi connectivity index (χ4n) is 3.72.